The summed E-state index contributed by atoms with van der Waals surface area (Å²) in [6.07, 6.45) is 0.150. The number of aryl methyl sites for hydroxylation is 1. The summed E-state index contributed by atoms with van der Waals surface area (Å²) < 4.78 is 4.71. The Bertz CT molecular complexity index is 256. The van der Waals surface area contributed by atoms with Crippen molar-refractivity contribution in [3.63, 3.8) is 0 Å². The standard InChI is InChI=1S/C6H9N3O2/c1-4-8-6(11-9-4)3-5(10)7-2/h3H2,1-2H3,(H,7,10). The van der Waals surface area contributed by atoms with E-state index < -0.39 is 0 Å². The van der Waals surface area contributed by atoms with Crippen LogP contribution in [0.15, 0.2) is 4.52 Å². The number of carbonyl (C=O) groups excluding carboxylic acids is 1. The molecule has 1 heterocycles. The first-order chi connectivity index (χ1) is 5.22. The molecule has 0 aliphatic heterocycles. The summed E-state index contributed by atoms with van der Waals surface area (Å²) in [7, 11) is 1.56. The lowest BCUT2D eigenvalue weighted by Crippen LogP contribution is -2.20. The highest BCUT2D eigenvalue weighted by Crippen LogP contribution is 1.95. The molecule has 60 valence electrons. The third kappa shape index (κ3) is 2.03. The van der Waals surface area contributed by atoms with Crippen molar-refractivity contribution in [2.24, 2.45) is 0 Å². The van der Waals surface area contributed by atoms with Crippen LogP contribution in [0.2, 0.25) is 0 Å². The Labute approximate surface area is 63.8 Å². The lowest BCUT2D eigenvalue weighted by molar-refractivity contribution is -0.120. The van der Waals surface area contributed by atoms with Gasteiger partial charge in [0.2, 0.25) is 11.8 Å². The molecule has 0 radical (unpaired) electrons. The molecule has 0 spiro atoms. The van der Waals surface area contributed by atoms with Gasteiger partial charge in [-0.25, -0.2) is 0 Å². The predicted octanol–water partition coefficient (Wildman–Crippen LogP) is -0.333. The molecule has 11 heavy (non-hydrogen) atoms. The normalized spacial score (nSPS) is 9.64. The molecule has 1 N–H and O–H groups in total. The van der Waals surface area contributed by atoms with Gasteiger partial charge in [0.15, 0.2) is 5.82 Å². The fourth-order valence-corrected chi connectivity index (χ4v) is 0.638. The Morgan fingerprint density at radius 1 is 1.73 bits per heavy atom. The molecule has 1 rings (SSSR count). The van der Waals surface area contributed by atoms with Crippen molar-refractivity contribution in [2.45, 2.75) is 13.3 Å². The van der Waals surface area contributed by atoms with Gasteiger partial charge in [0.1, 0.15) is 6.42 Å². The van der Waals surface area contributed by atoms with Crippen molar-refractivity contribution >= 4 is 5.91 Å². The summed E-state index contributed by atoms with van der Waals surface area (Å²) in [5.41, 5.74) is 0. The van der Waals surface area contributed by atoms with Gasteiger partial charge in [-0.3, -0.25) is 4.79 Å². The van der Waals surface area contributed by atoms with Crippen LogP contribution in [0.5, 0.6) is 0 Å². The monoisotopic (exact) mass is 155 g/mol. The van der Waals surface area contributed by atoms with Gasteiger partial charge in [0.05, 0.1) is 0 Å². The zero-order chi connectivity index (χ0) is 8.27. The maximum absolute atomic E-state index is 10.8. The van der Waals surface area contributed by atoms with Crippen LogP contribution in [0.25, 0.3) is 0 Å². The summed E-state index contributed by atoms with van der Waals surface area (Å²) in [6, 6.07) is 0. The lowest BCUT2D eigenvalue weighted by atomic mass is 10.4. The molecule has 0 aliphatic carbocycles. The van der Waals surface area contributed by atoms with Crippen molar-refractivity contribution < 1.29 is 9.32 Å². The highest BCUT2D eigenvalue weighted by atomic mass is 16.5. The Hall–Kier alpha value is -1.39. The predicted molar refractivity (Wildman–Crippen MR) is 36.8 cm³/mol. The second kappa shape index (κ2) is 3.14. The number of hydrogen-bond donors (Lipinski definition) is 1. The topological polar surface area (TPSA) is 68.0 Å². The van der Waals surface area contributed by atoms with Crippen LogP contribution < -0.4 is 5.32 Å². The van der Waals surface area contributed by atoms with E-state index in [1.807, 2.05) is 0 Å². The van der Waals surface area contributed by atoms with Crippen molar-refractivity contribution in [1.29, 1.82) is 0 Å². The molecule has 0 atom stereocenters. The van der Waals surface area contributed by atoms with E-state index >= 15 is 0 Å². The molecule has 0 fully saturated rings. The zero-order valence-corrected chi connectivity index (χ0v) is 6.42. The van der Waals surface area contributed by atoms with Crippen LogP contribution in [-0.4, -0.2) is 23.1 Å². The van der Waals surface area contributed by atoms with Crippen molar-refractivity contribution in [1.82, 2.24) is 15.5 Å². The summed E-state index contributed by atoms with van der Waals surface area (Å²) in [6.45, 7) is 1.71. The minimum absolute atomic E-state index is 0.131. The Balaban J connectivity index is 2.57. The average molecular weight is 155 g/mol. The van der Waals surface area contributed by atoms with Crippen molar-refractivity contribution in [2.75, 3.05) is 7.05 Å². The third-order valence-corrected chi connectivity index (χ3v) is 1.16. The second-order valence-electron chi connectivity index (χ2n) is 2.09. The van der Waals surface area contributed by atoms with Crippen LogP contribution in [0, 0.1) is 6.92 Å². The van der Waals surface area contributed by atoms with Gasteiger partial charge in [0.25, 0.3) is 0 Å². The second-order valence-corrected chi connectivity index (χ2v) is 2.09. The molecule has 5 heteroatoms. The molecule has 0 aromatic carbocycles. The molecule has 1 aromatic heterocycles. The third-order valence-electron chi connectivity index (χ3n) is 1.16. The van der Waals surface area contributed by atoms with Gasteiger partial charge >= 0.3 is 0 Å². The fraction of sp³-hybridized carbons (Fsp3) is 0.500. The number of nitrogens with one attached hydrogen (secondary N) is 1. The molecule has 1 amide bonds. The average Bonchev–Trinajstić information content (AvgIpc) is 2.35. The number of nitrogens with zero attached hydrogens (tertiary/aromatic N) is 2. The maximum atomic E-state index is 10.8. The first-order valence-corrected chi connectivity index (χ1v) is 3.22. The summed E-state index contributed by atoms with van der Waals surface area (Å²) in [4.78, 5) is 14.6. The molecular weight excluding hydrogens is 146 g/mol. The van der Waals surface area contributed by atoms with E-state index in [1.165, 1.54) is 0 Å². The van der Waals surface area contributed by atoms with Crippen LogP contribution in [0.3, 0.4) is 0 Å². The Kier molecular flexibility index (Phi) is 2.20. The summed E-state index contributed by atoms with van der Waals surface area (Å²) >= 11 is 0. The number of likely N-dealkylation sites (N-methyl/N-ethyl adjacent to an activating group) is 1. The van der Waals surface area contributed by atoms with Gasteiger partial charge in [0, 0.05) is 7.05 Å². The van der Waals surface area contributed by atoms with Crippen molar-refractivity contribution in [3.8, 4) is 0 Å². The number of hydrogen-bond acceptors (Lipinski definition) is 4. The number of rotatable bonds is 2. The van der Waals surface area contributed by atoms with Crippen LogP contribution in [0.4, 0.5) is 0 Å². The number of carbonyl (C=O) groups is 1. The quantitative estimate of drug-likeness (QED) is 0.634. The largest absolute Gasteiger partial charge is 0.359 e. The van der Waals surface area contributed by atoms with Gasteiger partial charge in [-0.2, -0.15) is 4.98 Å². The Morgan fingerprint density at radius 2 is 2.45 bits per heavy atom. The first kappa shape index (κ1) is 7.71. The molecule has 0 bridgehead atoms. The van der Waals surface area contributed by atoms with Gasteiger partial charge in [-0.05, 0) is 6.92 Å². The number of amides is 1. The summed E-state index contributed by atoms with van der Waals surface area (Å²) in [5, 5.41) is 5.99. The Morgan fingerprint density at radius 3 is 2.91 bits per heavy atom. The summed E-state index contributed by atoms with van der Waals surface area (Å²) in [5.74, 6) is 0.763. The van der Waals surface area contributed by atoms with E-state index in [4.69, 9.17) is 4.52 Å². The smallest absolute Gasteiger partial charge is 0.236 e. The van der Waals surface area contributed by atoms with Crippen LogP contribution in [-0.2, 0) is 11.2 Å². The zero-order valence-electron chi connectivity index (χ0n) is 6.42. The first-order valence-electron chi connectivity index (χ1n) is 3.22. The molecule has 1 aromatic rings. The van der Waals surface area contributed by atoms with E-state index in [0.29, 0.717) is 11.7 Å². The molecule has 0 saturated heterocycles. The minimum Gasteiger partial charge on any atom is -0.359 e. The molecule has 0 unspecified atom stereocenters. The highest BCUT2D eigenvalue weighted by molar-refractivity contribution is 5.77. The van der Waals surface area contributed by atoms with Gasteiger partial charge in [-0.1, -0.05) is 5.16 Å². The van der Waals surface area contributed by atoms with Crippen LogP contribution >= 0.6 is 0 Å². The molecule has 0 saturated carbocycles. The molecule has 5 nitrogen and oxygen atoms in total. The SMILES string of the molecule is CNC(=O)Cc1nc(C)no1. The number of aromatic nitrogens is 2. The van der Waals surface area contributed by atoms with Crippen LogP contribution in [0.1, 0.15) is 11.7 Å². The highest BCUT2D eigenvalue weighted by Gasteiger charge is 2.06. The fourth-order valence-electron chi connectivity index (χ4n) is 0.638. The maximum Gasteiger partial charge on any atom is 0.236 e. The van der Waals surface area contributed by atoms with Crippen molar-refractivity contribution in [3.05, 3.63) is 11.7 Å². The molecule has 0 aliphatic rings. The van der Waals surface area contributed by atoms with E-state index in [9.17, 15) is 4.79 Å². The van der Waals surface area contributed by atoms with Gasteiger partial charge < -0.3 is 9.84 Å². The van der Waals surface area contributed by atoms with Gasteiger partial charge in [-0.15, -0.1) is 0 Å². The van der Waals surface area contributed by atoms with E-state index in [0.717, 1.165) is 0 Å². The van der Waals surface area contributed by atoms with E-state index in [2.05, 4.69) is 15.5 Å². The van der Waals surface area contributed by atoms with E-state index in [-0.39, 0.29) is 12.3 Å². The van der Waals surface area contributed by atoms with E-state index in [1.54, 1.807) is 14.0 Å². The lowest BCUT2D eigenvalue weighted by Gasteiger charge is -1.91. The minimum atomic E-state index is -0.131. The molecular formula is C6H9N3O2.